The van der Waals surface area contributed by atoms with Crippen molar-refractivity contribution in [1.29, 1.82) is 0 Å². The Morgan fingerprint density at radius 1 is 1.26 bits per heavy atom. The number of aliphatic carboxylic acids is 1. The molecule has 0 aliphatic heterocycles. The van der Waals surface area contributed by atoms with Crippen LogP contribution in [-0.4, -0.2) is 39.3 Å². The lowest BCUT2D eigenvalue weighted by atomic mass is 9.89. The van der Waals surface area contributed by atoms with Crippen LogP contribution < -0.4 is 0 Å². The second kappa shape index (κ2) is 6.96. The van der Waals surface area contributed by atoms with Crippen molar-refractivity contribution in [2.24, 2.45) is 0 Å². The van der Waals surface area contributed by atoms with E-state index in [0.717, 1.165) is 11.3 Å². The summed E-state index contributed by atoms with van der Waals surface area (Å²) in [6, 6.07) is 10.2. The van der Waals surface area contributed by atoms with Crippen molar-refractivity contribution < 1.29 is 9.90 Å². The molecular weight excluding hydrogens is 290 g/mol. The van der Waals surface area contributed by atoms with E-state index in [1.165, 1.54) is 5.56 Å². The minimum atomic E-state index is -0.818. The topological polar surface area (TPSA) is 58.4 Å². The van der Waals surface area contributed by atoms with E-state index >= 15 is 0 Å². The molecule has 0 amide bonds. The van der Waals surface area contributed by atoms with Crippen molar-refractivity contribution in [3.63, 3.8) is 0 Å². The molecule has 124 valence electrons. The Kier molecular flexibility index (Phi) is 5.21. The average Bonchev–Trinajstić information content (AvgIpc) is 2.81. The maximum Gasteiger partial charge on any atom is 0.317 e. The van der Waals surface area contributed by atoms with Crippen molar-refractivity contribution in [2.75, 3.05) is 13.6 Å². The quantitative estimate of drug-likeness (QED) is 0.890. The van der Waals surface area contributed by atoms with Gasteiger partial charge in [0.05, 0.1) is 18.8 Å². The lowest BCUT2D eigenvalue weighted by Gasteiger charge is -2.20. The van der Waals surface area contributed by atoms with Gasteiger partial charge in [0.15, 0.2) is 0 Å². The molecule has 0 spiro atoms. The summed E-state index contributed by atoms with van der Waals surface area (Å²) in [6.45, 7) is 7.70. The molecule has 2 rings (SSSR count). The maximum atomic E-state index is 10.9. The molecule has 0 aliphatic rings. The zero-order valence-electron chi connectivity index (χ0n) is 14.3. The lowest BCUT2D eigenvalue weighted by molar-refractivity contribution is -0.138. The van der Waals surface area contributed by atoms with Gasteiger partial charge in [-0.3, -0.25) is 14.4 Å². The summed E-state index contributed by atoms with van der Waals surface area (Å²) in [5.41, 5.74) is 3.21. The number of aromatic nitrogens is 2. The molecule has 0 fully saturated rings. The SMILES string of the molecule is CN(CC(=O)O)Cc1cn(Cc2ccccc2)nc1C(C)(C)C. The highest BCUT2D eigenvalue weighted by Crippen LogP contribution is 2.25. The Hall–Kier alpha value is -2.14. The van der Waals surface area contributed by atoms with E-state index < -0.39 is 5.97 Å². The highest BCUT2D eigenvalue weighted by molar-refractivity contribution is 5.69. The summed E-state index contributed by atoms with van der Waals surface area (Å²) in [5, 5.41) is 13.7. The Bertz CT molecular complexity index is 657. The molecule has 0 atom stereocenters. The number of carbonyl (C=O) groups is 1. The third kappa shape index (κ3) is 4.93. The van der Waals surface area contributed by atoms with Crippen LogP contribution in [0.5, 0.6) is 0 Å². The van der Waals surface area contributed by atoms with Gasteiger partial charge in [-0.2, -0.15) is 5.10 Å². The number of hydrogen-bond donors (Lipinski definition) is 1. The van der Waals surface area contributed by atoms with Gasteiger partial charge in [0.2, 0.25) is 0 Å². The Balaban J connectivity index is 2.24. The second-order valence-electron chi connectivity index (χ2n) is 7.00. The first-order valence-electron chi connectivity index (χ1n) is 7.77. The zero-order valence-corrected chi connectivity index (χ0v) is 14.3. The van der Waals surface area contributed by atoms with Gasteiger partial charge in [0.25, 0.3) is 0 Å². The van der Waals surface area contributed by atoms with E-state index in [9.17, 15) is 4.79 Å². The zero-order chi connectivity index (χ0) is 17.0. The molecule has 0 saturated carbocycles. The normalized spacial score (nSPS) is 11.9. The molecular formula is C18H25N3O2. The molecule has 5 nitrogen and oxygen atoms in total. The first-order chi connectivity index (χ1) is 10.8. The monoisotopic (exact) mass is 315 g/mol. The maximum absolute atomic E-state index is 10.9. The predicted octanol–water partition coefficient (Wildman–Crippen LogP) is 2.75. The molecule has 1 heterocycles. The van der Waals surface area contributed by atoms with E-state index in [0.29, 0.717) is 13.1 Å². The first kappa shape index (κ1) is 17.2. The van der Waals surface area contributed by atoms with Crippen molar-refractivity contribution in [1.82, 2.24) is 14.7 Å². The third-order valence-electron chi connectivity index (χ3n) is 3.58. The fourth-order valence-corrected chi connectivity index (χ4v) is 2.64. The number of carboxylic acid groups (broad SMARTS) is 1. The molecule has 0 radical (unpaired) electrons. The van der Waals surface area contributed by atoms with Gasteiger partial charge in [0, 0.05) is 23.7 Å². The fourth-order valence-electron chi connectivity index (χ4n) is 2.64. The minimum absolute atomic E-state index is 0.0213. The molecule has 0 aliphatic carbocycles. The van der Waals surface area contributed by atoms with Crippen molar-refractivity contribution in [3.8, 4) is 0 Å². The summed E-state index contributed by atoms with van der Waals surface area (Å²) in [5.74, 6) is -0.818. The largest absolute Gasteiger partial charge is 0.480 e. The molecule has 5 heteroatoms. The van der Waals surface area contributed by atoms with Crippen LogP contribution in [0, 0.1) is 0 Å². The van der Waals surface area contributed by atoms with Gasteiger partial charge in [-0.1, -0.05) is 51.1 Å². The number of likely N-dealkylation sites (N-methyl/N-ethyl adjacent to an activating group) is 1. The summed E-state index contributed by atoms with van der Waals surface area (Å²) in [7, 11) is 1.81. The van der Waals surface area contributed by atoms with Gasteiger partial charge in [-0.25, -0.2) is 0 Å². The van der Waals surface area contributed by atoms with Gasteiger partial charge in [-0.15, -0.1) is 0 Å². The van der Waals surface area contributed by atoms with E-state index in [-0.39, 0.29) is 12.0 Å². The standard InChI is InChI=1S/C18H25N3O2/c1-18(2,3)17-15(11-20(4)13-16(22)23)12-21(19-17)10-14-8-6-5-7-9-14/h5-9,12H,10-11,13H2,1-4H3,(H,22,23). The van der Waals surface area contributed by atoms with Gasteiger partial charge >= 0.3 is 5.97 Å². The molecule has 0 saturated heterocycles. The van der Waals surface area contributed by atoms with Gasteiger partial charge in [-0.05, 0) is 12.6 Å². The number of rotatable bonds is 6. The summed E-state index contributed by atoms with van der Waals surface area (Å²) < 4.78 is 1.94. The smallest absolute Gasteiger partial charge is 0.317 e. The van der Waals surface area contributed by atoms with E-state index in [4.69, 9.17) is 10.2 Å². The summed E-state index contributed by atoms with van der Waals surface area (Å²) in [4.78, 5) is 12.7. The Morgan fingerprint density at radius 2 is 1.91 bits per heavy atom. The lowest BCUT2D eigenvalue weighted by Crippen LogP contribution is -2.26. The third-order valence-corrected chi connectivity index (χ3v) is 3.58. The van der Waals surface area contributed by atoms with Crippen molar-refractivity contribution in [3.05, 3.63) is 53.3 Å². The average molecular weight is 315 g/mol. The number of benzene rings is 1. The fraction of sp³-hybridized carbons (Fsp3) is 0.444. The highest BCUT2D eigenvalue weighted by Gasteiger charge is 2.23. The first-order valence-corrected chi connectivity index (χ1v) is 7.77. The molecule has 23 heavy (non-hydrogen) atoms. The van der Waals surface area contributed by atoms with Crippen molar-refractivity contribution >= 4 is 5.97 Å². The number of nitrogens with zero attached hydrogens (tertiary/aromatic N) is 3. The number of carboxylic acids is 1. The van der Waals surface area contributed by atoms with Crippen LogP contribution in [0.15, 0.2) is 36.5 Å². The van der Waals surface area contributed by atoms with Crippen LogP contribution in [-0.2, 0) is 23.3 Å². The second-order valence-corrected chi connectivity index (χ2v) is 7.00. The molecule has 0 unspecified atom stereocenters. The van der Waals surface area contributed by atoms with Crippen LogP contribution in [0.4, 0.5) is 0 Å². The van der Waals surface area contributed by atoms with Crippen molar-refractivity contribution in [2.45, 2.75) is 39.3 Å². The predicted molar refractivity (Wildman–Crippen MR) is 90.4 cm³/mol. The van der Waals surface area contributed by atoms with Crippen LogP contribution in [0.1, 0.15) is 37.6 Å². The molecule has 0 bridgehead atoms. The van der Waals surface area contributed by atoms with E-state index in [2.05, 4.69) is 32.9 Å². The van der Waals surface area contributed by atoms with Crippen LogP contribution in [0.2, 0.25) is 0 Å². The van der Waals surface area contributed by atoms with Gasteiger partial charge in [0.1, 0.15) is 0 Å². The molecule has 1 aromatic heterocycles. The van der Waals surface area contributed by atoms with E-state index in [1.807, 2.05) is 36.1 Å². The molecule has 1 aromatic carbocycles. The molecule has 1 N–H and O–H groups in total. The summed E-state index contributed by atoms with van der Waals surface area (Å²) in [6.07, 6.45) is 2.03. The Morgan fingerprint density at radius 3 is 2.48 bits per heavy atom. The Labute approximate surface area is 137 Å². The highest BCUT2D eigenvalue weighted by atomic mass is 16.4. The molecule has 2 aromatic rings. The van der Waals surface area contributed by atoms with Crippen LogP contribution in [0.3, 0.4) is 0 Å². The van der Waals surface area contributed by atoms with E-state index in [1.54, 1.807) is 4.90 Å². The van der Waals surface area contributed by atoms with Gasteiger partial charge < -0.3 is 5.11 Å². The summed E-state index contributed by atoms with van der Waals surface area (Å²) >= 11 is 0. The number of hydrogen-bond acceptors (Lipinski definition) is 3. The minimum Gasteiger partial charge on any atom is -0.480 e. The van der Waals surface area contributed by atoms with Crippen LogP contribution in [0.25, 0.3) is 0 Å². The van der Waals surface area contributed by atoms with Crippen LogP contribution >= 0.6 is 0 Å².